The molecule has 3 aliphatic heterocycles. The first kappa shape index (κ1) is 17.6. The molecular formula is C19H26N8O. The van der Waals surface area contributed by atoms with Gasteiger partial charge in [0, 0.05) is 49.7 Å². The Labute approximate surface area is 164 Å². The van der Waals surface area contributed by atoms with E-state index < -0.39 is 0 Å². The van der Waals surface area contributed by atoms with Gasteiger partial charge in [-0.15, -0.1) is 0 Å². The highest BCUT2D eigenvalue weighted by Crippen LogP contribution is 2.39. The first-order chi connectivity index (χ1) is 13.5. The van der Waals surface area contributed by atoms with E-state index in [4.69, 9.17) is 20.4 Å². The zero-order chi connectivity index (χ0) is 19.3. The van der Waals surface area contributed by atoms with Crippen LogP contribution in [0.3, 0.4) is 0 Å². The second-order valence-electron chi connectivity index (χ2n) is 8.12. The van der Waals surface area contributed by atoms with Crippen LogP contribution in [0.2, 0.25) is 0 Å². The van der Waals surface area contributed by atoms with Crippen LogP contribution in [-0.2, 0) is 11.2 Å². The Kier molecular flexibility index (Phi) is 4.09. The van der Waals surface area contributed by atoms with Gasteiger partial charge in [0.25, 0.3) is 0 Å². The largest absolute Gasteiger partial charge is 0.377 e. The van der Waals surface area contributed by atoms with Crippen LogP contribution < -0.4 is 20.9 Å². The van der Waals surface area contributed by atoms with Crippen LogP contribution in [0.4, 0.5) is 17.7 Å². The van der Waals surface area contributed by atoms with Gasteiger partial charge in [-0.05, 0) is 20.3 Å². The van der Waals surface area contributed by atoms with E-state index in [2.05, 4.69) is 38.9 Å². The minimum Gasteiger partial charge on any atom is -0.377 e. The van der Waals surface area contributed by atoms with Crippen molar-refractivity contribution >= 4 is 17.7 Å². The summed E-state index contributed by atoms with van der Waals surface area (Å²) in [5, 5.41) is 3.40. The lowest BCUT2D eigenvalue weighted by molar-refractivity contribution is 0.0981. The molecule has 5 rings (SSSR count). The summed E-state index contributed by atoms with van der Waals surface area (Å²) in [6, 6.07) is 0.234. The molecule has 28 heavy (non-hydrogen) atoms. The SMILES string of the molecule is C[C@H]1COCCN1c1nc(-c2cnc(N)nc2)c2c(n1)N(C1(C)CNC1)CC2. The van der Waals surface area contributed by atoms with E-state index in [1.165, 1.54) is 5.56 Å². The number of fused-ring (bicyclic) bond motifs is 1. The van der Waals surface area contributed by atoms with E-state index in [1.54, 1.807) is 12.4 Å². The van der Waals surface area contributed by atoms with Gasteiger partial charge < -0.3 is 25.6 Å². The van der Waals surface area contributed by atoms with E-state index in [-0.39, 0.29) is 17.5 Å². The minimum atomic E-state index is 0.0996. The van der Waals surface area contributed by atoms with Crippen molar-refractivity contribution in [3.05, 3.63) is 18.0 Å². The van der Waals surface area contributed by atoms with Crippen LogP contribution in [0.1, 0.15) is 19.4 Å². The molecule has 5 heterocycles. The zero-order valence-electron chi connectivity index (χ0n) is 16.4. The first-order valence-electron chi connectivity index (χ1n) is 9.87. The number of nitrogens with zero attached hydrogens (tertiary/aromatic N) is 6. The van der Waals surface area contributed by atoms with Crippen molar-refractivity contribution in [2.75, 3.05) is 54.9 Å². The van der Waals surface area contributed by atoms with Gasteiger partial charge in [-0.1, -0.05) is 0 Å². The maximum Gasteiger partial charge on any atom is 0.228 e. The number of hydrogen-bond donors (Lipinski definition) is 2. The smallest absolute Gasteiger partial charge is 0.228 e. The predicted molar refractivity (Wildman–Crippen MR) is 107 cm³/mol. The molecular weight excluding hydrogens is 356 g/mol. The van der Waals surface area contributed by atoms with Crippen LogP contribution in [0.15, 0.2) is 12.4 Å². The van der Waals surface area contributed by atoms with Gasteiger partial charge in [0.2, 0.25) is 11.9 Å². The molecule has 0 unspecified atom stereocenters. The summed E-state index contributed by atoms with van der Waals surface area (Å²) in [6.45, 7) is 9.51. The van der Waals surface area contributed by atoms with Crippen LogP contribution in [0.5, 0.6) is 0 Å². The van der Waals surface area contributed by atoms with Gasteiger partial charge in [-0.2, -0.15) is 4.98 Å². The number of morpholine rings is 1. The van der Waals surface area contributed by atoms with Crippen molar-refractivity contribution in [2.24, 2.45) is 0 Å². The number of rotatable bonds is 3. The summed E-state index contributed by atoms with van der Waals surface area (Å²) in [7, 11) is 0. The molecule has 2 saturated heterocycles. The van der Waals surface area contributed by atoms with Gasteiger partial charge >= 0.3 is 0 Å². The highest BCUT2D eigenvalue weighted by atomic mass is 16.5. The quantitative estimate of drug-likeness (QED) is 0.783. The molecule has 0 aliphatic carbocycles. The highest BCUT2D eigenvalue weighted by molar-refractivity contribution is 5.73. The fourth-order valence-electron chi connectivity index (χ4n) is 4.30. The Bertz CT molecular complexity index is 882. The summed E-state index contributed by atoms with van der Waals surface area (Å²) >= 11 is 0. The maximum atomic E-state index is 5.70. The lowest BCUT2D eigenvalue weighted by Gasteiger charge is -2.47. The molecule has 0 aromatic carbocycles. The van der Waals surface area contributed by atoms with Gasteiger partial charge in [0.15, 0.2) is 0 Å². The second-order valence-corrected chi connectivity index (χ2v) is 8.12. The van der Waals surface area contributed by atoms with Gasteiger partial charge in [-0.3, -0.25) is 0 Å². The van der Waals surface area contributed by atoms with Crippen LogP contribution in [0.25, 0.3) is 11.3 Å². The van der Waals surface area contributed by atoms with Gasteiger partial charge in [0.05, 0.1) is 30.5 Å². The average Bonchev–Trinajstić information content (AvgIpc) is 3.11. The number of hydrogen-bond acceptors (Lipinski definition) is 9. The molecule has 3 aliphatic rings. The monoisotopic (exact) mass is 382 g/mol. The van der Waals surface area contributed by atoms with Crippen molar-refractivity contribution in [1.29, 1.82) is 0 Å². The van der Waals surface area contributed by atoms with Crippen LogP contribution in [-0.4, -0.2) is 70.9 Å². The van der Waals surface area contributed by atoms with E-state index in [0.717, 1.165) is 55.6 Å². The number of nitrogen functional groups attached to an aromatic ring is 1. The highest BCUT2D eigenvalue weighted by Gasteiger charge is 2.43. The Hall–Kier alpha value is -2.52. The molecule has 2 aromatic rings. The van der Waals surface area contributed by atoms with E-state index in [0.29, 0.717) is 13.2 Å². The normalized spacial score (nSPS) is 23.4. The Morgan fingerprint density at radius 1 is 1.21 bits per heavy atom. The molecule has 3 N–H and O–H groups in total. The molecule has 0 radical (unpaired) electrons. The molecule has 0 saturated carbocycles. The fraction of sp³-hybridized carbons (Fsp3) is 0.579. The number of ether oxygens (including phenoxy) is 1. The van der Waals surface area contributed by atoms with Crippen molar-refractivity contribution < 1.29 is 4.74 Å². The lowest BCUT2D eigenvalue weighted by atomic mass is 9.93. The van der Waals surface area contributed by atoms with Crippen molar-refractivity contribution in [2.45, 2.75) is 31.8 Å². The molecule has 2 fully saturated rings. The Morgan fingerprint density at radius 2 is 2.00 bits per heavy atom. The van der Waals surface area contributed by atoms with Gasteiger partial charge in [0.1, 0.15) is 5.82 Å². The molecule has 148 valence electrons. The summed E-state index contributed by atoms with van der Waals surface area (Å²) in [4.78, 5) is 23.1. The summed E-state index contributed by atoms with van der Waals surface area (Å²) in [5.74, 6) is 2.06. The standard InChI is InChI=1S/C19H26N8O/c1-12-9-28-6-5-26(12)18-24-15(13-7-22-17(20)23-8-13)14-3-4-27(16(14)25-18)19(2)10-21-11-19/h7-8,12,21H,3-6,9-11H2,1-2H3,(H2,20,22,23)/t12-/m0/s1. The van der Waals surface area contributed by atoms with Crippen molar-refractivity contribution in [1.82, 2.24) is 25.3 Å². The predicted octanol–water partition coefficient (Wildman–Crippen LogP) is 0.465. The molecule has 9 heteroatoms. The van der Waals surface area contributed by atoms with Gasteiger partial charge in [-0.25, -0.2) is 15.0 Å². The van der Waals surface area contributed by atoms with Crippen LogP contribution >= 0.6 is 0 Å². The van der Waals surface area contributed by atoms with Crippen molar-refractivity contribution in [3.8, 4) is 11.3 Å². The summed E-state index contributed by atoms with van der Waals surface area (Å²) < 4.78 is 5.61. The number of aromatic nitrogens is 4. The van der Waals surface area contributed by atoms with E-state index in [1.807, 2.05) is 0 Å². The third-order valence-corrected chi connectivity index (χ3v) is 6.05. The Balaban J connectivity index is 1.64. The van der Waals surface area contributed by atoms with E-state index >= 15 is 0 Å². The minimum absolute atomic E-state index is 0.0996. The number of nitrogens with two attached hydrogens (primary N) is 1. The average molecular weight is 382 g/mol. The molecule has 0 spiro atoms. The molecule has 9 nitrogen and oxygen atoms in total. The summed E-state index contributed by atoms with van der Waals surface area (Å²) in [6.07, 6.45) is 4.43. The third-order valence-electron chi connectivity index (χ3n) is 6.05. The first-order valence-corrected chi connectivity index (χ1v) is 9.87. The van der Waals surface area contributed by atoms with Crippen molar-refractivity contribution in [3.63, 3.8) is 0 Å². The molecule has 0 bridgehead atoms. The number of nitrogens with one attached hydrogen (secondary N) is 1. The summed E-state index contributed by atoms with van der Waals surface area (Å²) in [5.41, 5.74) is 8.76. The molecule has 0 amide bonds. The molecule has 2 aromatic heterocycles. The van der Waals surface area contributed by atoms with E-state index in [9.17, 15) is 0 Å². The van der Waals surface area contributed by atoms with Crippen LogP contribution in [0, 0.1) is 0 Å². The lowest BCUT2D eigenvalue weighted by Crippen LogP contribution is -2.67. The Morgan fingerprint density at radius 3 is 2.68 bits per heavy atom. The number of anilines is 3. The topological polar surface area (TPSA) is 105 Å². The molecule has 1 atom stereocenters. The second kappa shape index (κ2) is 6.52. The zero-order valence-corrected chi connectivity index (χ0v) is 16.4. The maximum absolute atomic E-state index is 5.70. The third kappa shape index (κ3) is 2.77. The fourth-order valence-corrected chi connectivity index (χ4v) is 4.30.